The lowest BCUT2D eigenvalue weighted by Gasteiger charge is -2.50. The van der Waals surface area contributed by atoms with E-state index in [4.69, 9.17) is 42.6 Å². The van der Waals surface area contributed by atoms with Gasteiger partial charge >= 0.3 is 5.97 Å². The topological polar surface area (TPSA) is 502 Å². The normalized spacial score (nSPS) is 46.6. The highest BCUT2D eigenvalue weighted by Crippen LogP contribution is 2.38. The number of aliphatic hydroxyl groups excluding tert-OH is 16. The van der Waals surface area contributed by atoms with Crippen molar-refractivity contribution in [2.45, 2.75) is 179 Å². The highest BCUT2D eigenvalue weighted by Gasteiger charge is 2.59. The van der Waals surface area contributed by atoms with Gasteiger partial charge < -0.3 is 140 Å². The van der Waals surface area contributed by atoms with E-state index in [2.05, 4.69) is 10.6 Å². The van der Waals surface area contributed by atoms with Crippen molar-refractivity contribution in [3.8, 4) is 0 Å². The lowest BCUT2D eigenvalue weighted by molar-refractivity contribution is -0.382. The lowest BCUT2D eigenvalue weighted by atomic mass is 9.88. The van der Waals surface area contributed by atoms with Crippen LogP contribution in [0.1, 0.15) is 20.3 Å². The Kier molecular flexibility index (Phi) is 19.7. The van der Waals surface area contributed by atoms with E-state index in [-0.39, 0.29) is 0 Å². The molecule has 19 N–H and O–H groups in total. The summed E-state index contributed by atoms with van der Waals surface area (Å²) in [5.41, 5.74) is 0. The predicted octanol–water partition coefficient (Wildman–Crippen LogP) is -12.4. The molecule has 0 spiro atoms. The molecule has 0 aromatic rings. The van der Waals surface area contributed by atoms with E-state index in [1.165, 1.54) is 0 Å². The summed E-state index contributed by atoms with van der Waals surface area (Å²) in [5.74, 6) is -6.81. The highest BCUT2D eigenvalue weighted by molar-refractivity contribution is 5.76. The van der Waals surface area contributed by atoms with E-state index >= 15 is 0 Å². The van der Waals surface area contributed by atoms with E-state index in [9.17, 15) is 101 Å². The van der Waals surface area contributed by atoms with Gasteiger partial charge in [0.2, 0.25) is 11.8 Å². The van der Waals surface area contributed by atoms with Crippen LogP contribution in [0.25, 0.3) is 0 Å². The number of carbonyl (C=O) groups excluding carboxylic acids is 2. The molecule has 0 aromatic heterocycles. The van der Waals surface area contributed by atoms with Crippen LogP contribution < -0.4 is 10.6 Å². The van der Waals surface area contributed by atoms with Gasteiger partial charge in [0.05, 0.1) is 45.2 Å². The zero-order chi connectivity index (χ0) is 50.7. The molecule has 0 aliphatic carbocycles. The molecule has 26 atom stereocenters. The number of carbonyl (C=O) groups is 3. The average Bonchev–Trinajstić information content (AvgIpc) is 3.29. The standard InChI is InChI=1S/C37H62N2O29/c1-9(44)38-17-11(46)3-37(36(58)59,68-30(17)19(48)12(47)4-40)60-8-16-22(51)29(66-34-26(55)23(52)20(49)13(5-41)62-34)18(39-10(2)45)33(64-16)67-31-21(50)14(6-42)63-35(27(31)56)65-28-15(7-43)61-32(57)25(54)24(28)53/h11-35,40-43,46-57H,3-8H2,1-2H3,(H,38,44)(H,39,45)(H,58,59)/t11-,12+,13+,14+,15+,16+,17+,18+,19+,20-,21-,22+,23-,24+,25+,26+,27+,28+,29+,30+,31-,32+,33-,34-,35-,37+/m0/s1. The first-order valence-corrected chi connectivity index (χ1v) is 21.2. The van der Waals surface area contributed by atoms with Crippen LogP contribution in [0.2, 0.25) is 0 Å². The Hall–Kier alpha value is -2.59. The fourth-order valence-corrected chi connectivity index (χ4v) is 8.42. The average molecular weight is 999 g/mol. The van der Waals surface area contributed by atoms with Crippen LogP contribution in [-0.4, -0.2) is 297 Å². The molecule has 5 aliphatic heterocycles. The van der Waals surface area contributed by atoms with Crippen molar-refractivity contribution in [3.05, 3.63) is 0 Å². The van der Waals surface area contributed by atoms with Gasteiger partial charge in [0.15, 0.2) is 25.2 Å². The molecular formula is C37H62N2O29. The van der Waals surface area contributed by atoms with Crippen LogP contribution in [0.4, 0.5) is 0 Å². The first-order chi connectivity index (χ1) is 31.9. The second kappa shape index (κ2) is 23.8. The van der Waals surface area contributed by atoms with Gasteiger partial charge in [0.1, 0.15) is 116 Å². The molecule has 5 rings (SSSR count). The fourth-order valence-electron chi connectivity index (χ4n) is 8.42. The summed E-state index contributed by atoms with van der Waals surface area (Å²) in [6.45, 7) is -3.31. The number of aliphatic hydroxyl groups is 16. The Morgan fingerprint density at radius 3 is 1.66 bits per heavy atom. The maximum Gasteiger partial charge on any atom is 0.364 e. The third-order valence-electron chi connectivity index (χ3n) is 12.1. The zero-order valence-corrected chi connectivity index (χ0v) is 36.2. The molecule has 5 aliphatic rings. The summed E-state index contributed by atoms with van der Waals surface area (Å²) in [6.07, 6.45) is -47.3. The maximum absolute atomic E-state index is 13.0. The molecule has 31 heteroatoms. The molecule has 5 fully saturated rings. The maximum atomic E-state index is 13.0. The van der Waals surface area contributed by atoms with Crippen molar-refractivity contribution in [1.29, 1.82) is 0 Å². The Morgan fingerprint density at radius 1 is 0.588 bits per heavy atom. The molecule has 0 bridgehead atoms. The Bertz CT molecular complexity index is 1650. The summed E-state index contributed by atoms with van der Waals surface area (Å²) < 4.78 is 50.9. The zero-order valence-electron chi connectivity index (χ0n) is 36.2. The molecule has 0 saturated carbocycles. The largest absolute Gasteiger partial charge is 0.477 e. The van der Waals surface area contributed by atoms with E-state index in [1.807, 2.05) is 0 Å². The Labute approximate surface area is 384 Å². The van der Waals surface area contributed by atoms with E-state index in [0.29, 0.717) is 0 Å². The van der Waals surface area contributed by atoms with Crippen molar-refractivity contribution in [2.24, 2.45) is 0 Å². The van der Waals surface area contributed by atoms with Crippen molar-refractivity contribution in [2.75, 3.05) is 33.0 Å². The smallest absolute Gasteiger partial charge is 0.364 e. The minimum Gasteiger partial charge on any atom is -0.477 e. The number of aliphatic carboxylic acids is 1. The highest BCUT2D eigenvalue weighted by atomic mass is 16.8. The van der Waals surface area contributed by atoms with Crippen LogP contribution >= 0.6 is 0 Å². The van der Waals surface area contributed by atoms with E-state index in [1.54, 1.807) is 0 Å². The van der Waals surface area contributed by atoms with Gasteiger partial charge in [0.25, 0.3) is 5.79 Å². The number of carboxylic acid groups (broad SMARTS) is 1. The van der Waals surface area contributed by atoms with Crippen LogP contribution in [0.3, 0.4) is 0 Å². The minimum atomic E-state index is -3.06. The lowest BCUT2D eigenvalue weighted by Crippen LogP contribution is -2.71. The van der Waals surface area contributed by atoms with Crippen molar-refractivity contribution < 1.29 is 144 Å². The molecule has 68 heavy (non-hydrogen) atoms. The van der Waals surface area contributed by atoms with Gasteiger partial charge in [-0.15, -0.1) is 0 Å². The fraction of sp³-hybridized carbons (Fsp3) is 0.919. The Morgan fingerprint density at radius 2 is 1.10 bits per heavy atom. The van der Waals surface area contributed by atoms with Gasteiger partial charge in [0, 0.05) is 20.3 Å². The molecule has 5 heterocycles. The van der Waals surface area contributed by atoms with Gasteiger partial charge in [-0.2, -0.15) is 0 Å². The van der Waals surface area contributed by atoms with Crippen molar-refractivity contribution >= 4 is 17.8 Å². The molecule has 0 aromatic carbocycles. The van der Waals surface area contributed by atoms with E-state index in [0.717, 1.165) is 13.8 Å². The van der Waals surface area contributed by atoms with Gasteiger partial charge in [-0.3, -0.25) is 9.59 Å². The van der Waals surface area contributed by atoms with Gasteiger partial charge in [-0.05, 0) is 0 Å². The van der Waals surface area contributed by atoms with Crippen molar-refractivity contribution in [1.82, 2.24) is 10.6 Å². The quantitative estimate of drug-likeness (QED) is 0.0606. The summed E-state index contributed by atoms with van der Waals surface area (Å²) in [4.78, 5) is 37.8. The number of ether oxygens (including phenoxy) is 9. The molecule has 5 saturated heterocycles. The monoisotopic (exact) mass is 998 g/mol. The second-order valence-electron chi connectivity index (χ2n) is 16.9. The van der Waals surface area contributed by atoms with Crippen LogP contribution in [0.5, 0.6) is 0 Å². The number of rotatable bonds is 18. The number of hydrogen-bond acceptors (Lipinski definition) is 28. The molecule has 0 radical (unpaired) electrons. The number of hydrogen-bond donors (Lipinski definition) is 19. The van der Waals surface area contributed by atoms with Gasteiger partial charge in [-0.1, -0.05) is 0 Å². The Balaban J connectivity index is 1.53. The predicted molar refractivity (Wildman–Crippen MR) is 207 cm³/mol. The van der Waals surface area contributed by atoms with Crippen LogP contribution in [-0.2, 0) is 57.0 Å². The minimum absolute atomic E-state index is 0.808. The second-order valence-corrected chi connectivity index (χ2v) is 16.9. The third kappa shape index (κ3) is 12.0. The summed E-state index contributed by atoms with van der Waals surface area (Å²) in [5, 5.41) is 184. The molecule has 31 nitrogen and oxygen atoms in total. The molecule has 394 valence electrons. The number of carboxylic acids is 1. The van der Waals surface area contributed by atoms with Crippen LogP contribution in [0, 0.1) is 0 Å². The molecule has 2 amide bonds. The number of amides is 2. The first-order valence-electron chi connectivity index (χ1n) is 21.2. The molecular weight excluding hydrogens is 936 g/mol. The number of nitrogens with one attached hydrogen (secondary N) is 2. The summed E-state index contributed by atoms with van der Waals surface area (Å²) in [7, 11) is 0. The van der Waals surface area contributed by atoms with Crippen molar-refractivity contribution in [3.63, 3.8) is 0 Å². The first kappa shape index (κ1) is 56.3. The van der Waals surface area contributed by atoms with Crippen LogP contribution in [0.15, 0.2) is 0 Å². The summed E-state index contributed by atoms with van der Waals surface area (Å²) in [6, 6.07) is -3.53. The SMILES string of the molecule is CC(=O)N[C@H]1[C@H](O[C@H]2[C@@H](O)[C@@H](CO)O[C@@H](O[C@H]3[C@H](O)[C@@H](O)[C@H](O)O[C@@H]3CO)[C@@H]2O)O[C@H](CO[C@]2(C(=O)O)C[C@H](O)[C@@H](NC(C)=O)[C@H]([C@H](O)[C@H](O)CO)O2)[C@@H](O)[C@@H]1O[C@@H]1O[C@H](CO)[C@H](O)[C@H](O)[C@H]1O. The van der Waals surface area contributed by atoms with Gasteiger partial charge in [-0.25, -0.2) is 4.79 Å². The third-order valence-corrected chi connectivity index (χ3v) is 12.1. The van der Waals surface area contributed by atoms with E-state index < -0.39 is 216 Å². The molecule has 0 unspecified atom stereocenters. The summed E-state index contributed by atoms with van der Waals surface area (Å²) >= 11 is 0.